The summed E-state index contributed by atoms with van der Waals surface area (Å²) < 4.78 is 27.4. The zero-order valence-electron chi connectivity index (χ0n) is 11.8. The van der Waals surface area contributed by atoms with Crippen molar-refractivity contribution in [2.75, 3.05) is 0 Å². The highest BCUT2D eigenvalue weighted by atomic mass is 19.1. The summed E-state index contributed by atoms with van der Waals surface area (Å²) in [7, 11) is 1.55. The molecule has 0 bridgehead atoms. The minimum atomic E-state index is -0.377. The molecule has 0 aliphatic rings. The number of aromatic nitrogens is 2. The molecule has 0 N–H and O–H groups in total. The van der Waals surface area contributed by atoms with E-state index in [-0.39, 0.29) is 17.2 Å². The number of aryl methyl sites for hydroxylation is 1. The lowest BCUT2D eigenvalue weighted by atomic mass is 9.97. The molecule has 3 rings (SSSR count). The van der Waals surface area contributed by atoms with Gasteiger partial charge in [0, 0.05) is 12.6 Å². The molecule has 0 spiro atoms. The largest absolute Gasteiger partial charge is 0.274 e. The molecule has 0 radical (unpaired) electrons. The highest BCUT2D eigenvalue weighted by molar-refractivity contribution is 5.82. The van der Waals surface area contributed by atoms with E-state index in [0.29, 0.717) is 22.3 Å². The van der Waals surface area contributed by atoms with Gasteiger partial charge in [-0.05, 0) is 35.4 Å². The first kappa shape index (κ1) is 14.1. The zero-order chi connectivity index (χ0) is 15.7. The monoisotopic (exact) mass is 298 g/mol. The number of hydrogen-bond donors (Lipinski definition) is 0. The van der Waals surface area contributed by atoms with E-state index in [4.69, 9.17) is 0 Å². The summed E-state index contributed by atoms with van der Waals surface area (Å²) in [6.45, 7) is 0. The molecule has 22 heavy (non-hydrogen) atoms. The summed E-state index contributed by atoms with van der Waals surface area (Å²) in [6.07, 6.45) is 1.55. The summed E-state index contributed by atoms with van der Waals surface area (Å²) in [5, 5.41) is 4.02. The number of hydrogen-bond acceptors (Lipinski definition) is 2. The van der Waals surface area contributed by atoms with Gasteiger partial charge in [-0.15, -0.1) is 0 Å². The van der Waals surface area contributed by atoms with Gasteiger partial charge in [-0.2, -0.15) is 5.10 Å². The van der Waals surface area contributed by atoms with Gasteiger partial charge < -0.3 is 0 Å². The van der Waals surface area contributed by atoms with Gasteiger partial charge in [0.2, 0.25) is 0 Å². The van der Waals surface area contributed by atoms with Crippen molar-refractivity contribution in [2.24, 2.45) is 7.05 Å². The van der Waals surface area contributed by atoms with Crippen molar-refractivity contribution in [1.29, 1.82) is 0 Å². The molecular weight excluding hydrogens is 286 g/mol. The van der Waals surface area contributed by atoms with Crippen molar-refractivity contribution < 1.29 is 8.78 Å². The number of benzene rings is 2. The number of nitrogens with zero attached hydrogens (tertiary/aromatic N) is 2. The first-order chi connectivity index (χ1) is 10.6. The van der Waals surface area contributed by atoms with Crippen LogP contribution in [0.1, 0.15) is 0 Å². The van der Waals surface area contributed by atoms with Crippen LogP contribution in [0.4, 0.5) is 8.78 Å². The van der Waals surface area contributed by atoms with E-state index in [1.807, 2.05) is 0 Å². The maximum Gasteiger partial charge on any atom is 0.274 e. The molecule has 1 aromatic heterocycles. The molecule has 3 aromatic rings. The van der Waals surface area contributed by atoms with Crippen LogP contribution in [0, 0.1) is 11.6 Å². The highest BCUT2D eigenvalue weighted by Crippen LogP contribution is 2.28. The Hall–Kier alpha value is -2.82. The van der Waals surface area contributed by atoms with Crippen LogP contribution >= 0.6 is 0 Å². The molecule has 3 nitrogen and oxygen atoms in total. The molecule has 0 unspecified atom stereocenters. The van der Waals surface area contributed by atoms with E-state index in [9.17, 15) is 13.6 Å². The van der Waals surface area contributed by atoms with Crippen LogP contribution in [-0.4, -0.2) is 9.78 Å². The quantitative estimate of drug-likeness (QED) is 0.727. The average molecular weight is 298 g/mol. The Morgan fingerprint density at radius 3 is 1.91 bits per heavy atom. The van der Waals surface area contributed by atoms with E-state index in [1.54, 1.807) is 37.5 Å². The van der Waals surface area contributed by atoms with Crippen molar-refractivity contribution >= 4 is 0 Å². The Bertz CT molecular complexity index is 869. The van der Waals surface area contributed by atoms with Crippen molar-refractivity contribution in [3.05, 3.63) is 76.7 Å². The van der Waals surface area contributed by atoms with Gasteiger partial charge in [-0.25, -0.2) is 13.5 Å². The third kappa shape index (κ3) is 2.53. The second-order valence-electron chi connectivity index (χ2n) is 4.88. The summed E-state index contributed by atoms with van der Waals surface area (Å²) in [6, 6.07) is 11.5. The minimum absolute atomic E-state index is 0.298. The lowest BCUT2D eigenvalue weighted by molar-refractivity contribution is 0.627. The molecule has 0 saturated carbocycles. The second kappa shape index (κ2) is 5.52. The van der Waals surface area contributed by atoms with Gasteiger partial charge in [0.05, 0.1) is 11.8 Å². The number of rotatable bonds is 2. The topological polar surface area (TPSA) is 34.9 Å². The fourth-order valence-corrected chi connectivity index (χ4v) is 2.28. The van der Waals surface area contributed by atoms with Crippen LogP contribution in [0.25, 0.3) is 22.3 Å². The molecule has 2 aromatic carbocycles. The maximum atomic E-state index is 13.1. The van der Waals surface area contributed by atoms with Crippen molar-refractivity contribution in [1.82, 2.24) is 9.78 Å². The molecule has 0 atom stereocenters. The van der Waals surface area contributed by atoms with Gasteiger partial charge in [0.1, 0.15) is 11.6 Å². The Morgan fingerprint density at radius 2 is 1.36 bits per heavy atom. The highest BCUT2D eigenvalue weighted by Gasteiger charge is 2.14. The fourth-order valence-electron chi connectivity index (χ4n) is 2.28. The molecular formula is C17H12F2N2O. The second-order valence-corrected chi connectivity index (χ2v) is 4.88. The van der Waals surface area contributed by atoms with Gasteiger partial charge >= 0.3 is 0 Å². The molecule has 0 fully saturated rings. The van der Waals surface area contributed by atoms with E-state index in [1.165, 1.54) is 28.9 Å². The van der Waals surface area contributed by atoms with E-state index in [2.05, 4.69) is 5.10 Å². The third-order valence-electron chi connectivity index (χ3n) is 3.43. The van der Waals surface area contributed by atoms with Crippen LogP contribution in [0.2, 0.25) is 0 Å². The summed E-state index contributed by atoms with van der Waals surface area (Å²) in [4.78, 5) is 12.4. The van der Waals surface area contributed by atoms with Crippen molar-refractivity contribution in [3.63, 3.8) is 0 Å². The van der Waals surface area contributed by atoms with Crippen LogP contribution in [0.15, 0.2) is 59.5 Å². The predicted molar refractivity (Wildman–Crippen MR) is 80.3 cm³/mol. The minimum Gasteiger partial charge on any atom is -0.267 e. The van der Waals surface area contributed by atoms with Crippen LogP contribution in [0.3, 0.4) is 0 Å². The Kier molecular flexibility index (Phi) is 3.55. The van der Waals surface area contributed by atoms with Crippen LogP contribution in [-0.2, 0) is 7.05 Å². The normalized spacial score (nSPS) is 10.7. The fraction of sp³-hybridized carbons (Fsp3) is 0.0588. The molecule has 0 aliphatic carbocycles. The summed E-state index contributed by atoms with van der Waals surface area (Å²) in [5.41, 5.74) is 1.95. The van der Waals surface area contributed by atoms with Crippen LogP contribution in [0.5, 0.6) is 0 Å². The Morgan fingerprint density at radius 1 is 0.864 bits per heavy atom. The molecule has 1 heterocycles. The summed E-state index contributed by atoms with van der Waals surface area (Å²) >= 11 is 0. The van der Waals surface area contributed by atoms with Gasteiger partial charge in [-0.3, -0.25) is 4.79 Å². The van der Waals surface area contributed by atoms with E-state index >= 15 is 0 Å². The first-order valence-corrected chi connectivity index (χ1v) is 6.64. The molecule has 5 heteroatoms. The smallest absolute Gasteiger partial charge is 0.267 e. The lowest BCUT2D eigenvalue weighted by Gasteiger charge is -2.10. The van der Waals surface area contributed by atoms with E-state index in [0.717, 1.165) is 0 Å². The zero-order valence-corrected chi connectivity index (χ0v) is 11.8. The van der Waals surface area contributed by atoms with E-state index < -0.39 is 0 Å². The first-order valence-electron chi connectivity index (χ1n) is 6.64. The Balaban J connectivity index is 2.27. The molecule has 0 saturated heterocycles. The Labute approximate surface area is 125 Å². The molecule has 0 amide bonds. The standard InChI is InChI=1S/C17H12F2N2O/c1-21-17(22)16(12-4-8-14(19)9-5-12)15(10-20-21)11-2-6-13(18)7-3-11/h2-10H,1H3. The van der Waals surface area contributed by atoms with Crippen LogP contribution < -0.4 is 5.56 Å². The lowest BCUT2D eigenvalue weighted by Crippen LogP contribution is -2.21. The molecule has 0 aliphatic heterocycles. The maximum absolute atomic E-state index is 13.1. The summed E-state index contributed by atoms with van der Waals surface area (Å²) in [5.74, 6) is -0.734. The van der Waals surface area contributed by atoms with Crippen molar-refractivity contribution in [2.45, 2.75) is 0 Å². The SMILES string of the molecule is Cn1ncc(-c2ccc(F)cc2)c(-c2ccc(F)cc2)c1=O. The van der Waals surface area contributed by atoms with Crippen molar-refractivity contribution in [3.8, 4) is 22.3 Å². The predicted octanol–water partition coefficient (Wildman–Crippen LogP) is 3.39. The average Bonchev–Trinajstić information content (AvgIpc) is 2.52. The van der Waals surface area contributed by atoms with Gasteiger partial charge in [-0.1, -0.05) is 24.3 Å². The third-order valence-corrected chi connectivity index (χ3v) is 3.43. The number of halogens is 2. The van der Waals surface area contributed by atoms with Gasteiger partial charge in [0.25, 0.3) is 5.56 Å². The van der Waals surface area contributed by atoms with Gasteiger partial charge in [0.15, 0.2) is 0 Å². The molecule has 110 valence electrons.